The molecule has 112 heavy (non-hydrogen) atoms. The summed E-state index contributed by atoms with van der Waals surface area (Å²) < 4.78 is 70.7. The summed E-state index contributed by atoms with van der Waals surface area (Å²) in [7, 11) is -8.82. The van der Waals surface area contributed by atoms with Crippen LogP contribution in [0.5, 0.6) is 5.75 Å². The Kier molecular flexibility index (Phi) is 34.8. The lowest BCUT2D eigenvalue weighted by Crippen LogP contribution is -2.60. The predicted molar refractivity (Wildman–Crippen MR) is 428 cm³/mol. The Hall–Kier alpha value is -9.77. The normalized spacial score (nSPS) is 17.3. The number of phenolic OH excluding ortho intramolecular Hbond substituents is 1. The molecule has 1 fully saturated rings. The maximum Gasteiger partial charge on any atom is 0.326 e. The second-order valence-corrected chi connectivity index (χ2v) is 33.1. The number of carbonyl (C=O) groups excluding carboxylic acids is 7. The number of carboxylic acids is 1. The fourth-order valence-corrected chi connectivity index (χ4v) is 15.0. The van der Waals surface area contributed by atoms with Crippen LogP contribution in [-0.2, 0) is 71.0 Å². The van der Waals surface area contributed by atoms with Gasteiger partial charge in [0.2, 0.25) is 41.1 Å². The number of likely N-dealkylation sites (tertiary alicyclic amines) is 1. The van der Waals surface area contributed by atoms with Crippen LogP contribution >= 0.6 is 0 Å². The van der Waals surface area contributed by atoms with Crippen LogP contribution in [0.25, 0.3) is 0 Å². The summed E-state index contributed by atoms with van der Waals surface area (Å²) >= 11 is 0. The van der Waals surface area contributed by atoms with Gasteiger partial charge in [0.05, 0.1) is 26.5 Å². The number of fused-ring (bicyclic) bond motifs is 2. The van der Waals surface area contributed by atoms with E-state index in [1.54, 1.807) is 32.0 Å². The van der Waals surface area contributed by atoms with E-state index < -0.39 is 115 Å². The molecule has 1 saturated heterocycles. The molecule has 32 nitrogen and oxygen atoms in total. The highest BCUT2D eigenvalue weighted by Gasteiger charge is 2.45. The number of aliphatic carboxylic acids is 1. The van der Waals surface area contributed by atoms with E-state index in [2.05, 4.69) is 76.6 Å². The number of anilines is 1. The van der Waals surface area contributed by atoms with Crippen LogP contribution in [0, 0.1) is 11.8 Å². The Balaban J connectivity index is 0.938. The zero-order valence-electron chi connectivity index (χ0n) is 65.5. The molecule has 3 aromatic carbocycles. The number of allylic oxidation sites excluding steroid dienone is 6. The molecule has 7 atom stereocenters. The average molecular weight is 1600 g/mol. The third-order valence-electron chi connectivity index (χ3n) is 20.3. The molecule has 3 aliphatic heterocycles. The van der Waals surface area contributed by atoms with Crippen molar-refractivity contribution in [3.05, 3.63) is 119 Å². The fourth-order valence-electron chi connectivity index (χ4n) is 14.0. The SMILES string of the molecule is CC[C@H](C)[C@H](NC(=O)[C@H](Cc1ccc(O)cc1)NC(=O)[C@@H]1CCCN1C(=O)[C@H](CCCN=C(N)N)NC(=O)[C@@H](N)CCCN=C(N)NC(=O)NCCCCNC(=O)CCCCCN1/C(=C/C=C/C=C/C2=[N+](CCCCS(=O)(=O)[O-])c3ccccc3C2(C)C)C(C)(C)c2cc(S(=O)(=O)O)ccc21)C(=O)N[C@@H](CC(C)C)C(=O)O. The number of urea groups is 1. The summed E-state index contributed by atoms with van der Waals surface area (Å²) in [5, 5.41) is 38.8. The summed E-state index contributed by atoms with van der Waals surface area (Å²) in [4.78, 5) is 120. The first-order valence-electron chi connectivity index (χ1n) is 38.4. The van der Waals surface area contributed by atoms with E-state index >= 15 is 0 Å². The van der Waals surface area contributed by atoms with E-state index in [4.69, 9.17) is 22.9 Å². The second-order valence-electron chi connectivity index (χ2n) is 30.2. The largest absolute Gasteiger partial charge is 0.748 e. The van der Waals surface area contributed by atoms with Crippen molar-refractivity contribution in [2.45, 2.75) is 217 Å². The summed E-state index contributed by atoms with van der Waals surface area (Å²) in [6.45, 7) is 17.4. The molecule has 34 heteroatoms. The monoisotopic (exact) mass is 1600 g/mol. The first-order valence-corrected chi connectivity index (χ1v) is 41.4. The maximum absolute atomic E-state index is 14.5. The average Bonchev–Trinajstić information content (AvgIpc) is 1.59. The molecule has 3 aromatic rings. The van der Waals surface area contributed by atoms with Gasteiger partial charge < -0.3 is 79.4 Å². The van der Waals surface area contributed by atoms with Crippen LogP contribution in [-0.4, -0.2) is 199 Å². The molecule has 0 aliphatic carbocycles. The van der Waals surface area contributed by atoms with Gasteiger partial charge in [0, 0.05) is 98.8 Å². The van der Waals surface area contributed by atoms with Gasteiger partial charge in [-0.25, -0.2) is 18.0 Å². The Labute approximate surface area is 657 Å². The Morgan fingerprint density at radius 1 is 0.732 bits per heavy atom. The van der Waals surface area contributed by atoms with E-state index in [0.29, 0.717) is 76.6 Å². The highest BCUT2D eigenvalue weighted by molar-refractivity contribution is 7.86. The number of nitrogens with zero attached hydrogens (tertiary/aromatic N) is 5. The van der Waals surface area contributed by atoms with Crippen LogP contribution in [0.3, 0.4) is 0 Å². The maximum atomic E-state index is 14.5. The zero-order chi connectivity index (χ0) is 82.7. The number of guanidine groups is 2. The second kappa shape index (κ2) is 42.8. The number of nitrogens with one attached hydrogen (secondary N) is 7. The number of carboxylic acid groups (broad SMARTS) is 1. The fraction of sp³-hybridized carbons (Fsp3) is 0.551. The molecule has 616 valence electrons. The van der Waals surface area contributed by atoms with Crippen molar-refractivity contribution in [1.29, 1.82) is 0 Å². The standard InChI is InChI=1S/C78H116N16O16S2/c1-9-51(4)67(71(100)89-60(73(102)103)47-50(2)3)90-69(98)59(48-52-33-35-53(95)36-34-52)88-70(99)63-29-24-45-94(63)72(101)58(27-23-41-84-74(80)81)87-68(97)57(79)26-22-42-85-75(82)91-76(104)86-40-18-17-39-83-66(96)32-14-11-19-43-93-62-38-37-54(112(108,109)110)49-56(62)78(7,8)65(93)31-13-10-12-30-64-77(5,6)55-25-15-16-28-61(55)92(64)44-20-21-46-111(105,106)107/h10,12-13,15-16,25,28,30-31,33-38,49-51,57-60,63,67H,9,11,14,17-24,26-27,29,32,39-48,79H2,1-8H3,(H16-,80,81,82,83,84,85,86,87,88,89,90,91,95,96,97,98,99,100,102,103,104,105,106,107,108,109,110)/t51-,57-,58-,59-,60-,63-,67-/m0/s1. The Morgan fingerprint density at radius 3 is 2.08 bits per heavy atom. The van der Waals surface area contributed by atoms with E-state index in [0.717, 1.165) is 33.9 Å². The summed E-state index contributed by atoms with van der Waals surface area (Å²) in [6.07, 6.45) is 15.6. The van der Waals surface area contributed by atoms with Crippen molar-refractivity contribution < 1.29 is 79.1 Å². The van der Waals surface area contributed by atoms with Gasteiger partial charge in [-0.05, 0) is 150 Å². The highest BCUT2D eigenvalue weighted by Crippen LogP contribution is 2.49. The molecule has 6 rings (SSSR count). The first kappa shape index (κ1) is 91.1. The number of para-hydroxylation sites is 1. The van der Waals surface area contributed by atoms with Gasteiger partial charge in [-0.3, -0.25) is 48.6 Å². The van der Waals surface area contributed by atoms with Gasteiger partial charge in [-0.15, -0.1) is 0 Å². The molecule has 0 aromatic heterocycles. The Bertz CT molecular complexity index is 4210. The number of carbonyl (C=O) groups is 8. The number of hydrogen-bond acceptors (Lipinski definition) is 18. The van der Waals surface area contributed by atoms with Gasteiger partial charge in [0.25, 0.3) is 10.1 Å². The van der Waals surface area contributed by atoms with Gasteiger partial charge in [0.1, 0.15) is 42.5 Å². The number of hydrogen-bond donors (Lipinski definition) is 14. The minimum atomic E-state index is -4.49. The molecule has 18 N–H and O–H groups in total. The molecule has 0 spiro atoms. The van der Waals surface area contributed by atoms with Gasteiger partial charge >= 0.3 is 12.0 Å². The van der Waals surface area contributed by atoms with Gasteiger partial charge in [-0.1, -0.05) is 103 Å². The summed E-state index contributed by atoms with van der Waals surface area (Å²) in [5.41, 5.74) is 28.6. The lowest BCUT2D eigenvalue weighted by molar-refractivity contribution is -0.438. The van der Waals surface area contributed by atoms with Crippen molar-refractivity contribution in [3.8, 4) is 5.75 Å². The van der Waals surface area contributed by atoms with Crippen LogP contribution in [0.2, 0.25) is 0 Å². The smallest absolute Gasteiger partial charge is 0.326 e. The third kappa shape index (κ3) is 27.6. The molecule has 0 unspecified atom stereocenters. The highest BCUT2D eigenvalue weighted by atomic mass is 32.2. The number of rotatable bonds is 44. The lowest BCUT2D eigenvalue weighted by Gasteiger charge is -2.31. The van der Waals surface area contributed by atoms with E-state index in [9.17, 15) is 74.5 Å². The number of phenols is 1. The van der Waals surface area contributed by atoms with Crippen LogP contribution < -0.4 is 65.1 Å². The number of benzene rings is 3. The molecule has 3 aliphatic rings. The van der Waals surface area contributed by atoms with E-state index in [1.165, 1.54) is 29.2 Å². The van der Waals surface area contributed by atoms with Crippen molar-refractivity contribution in [2.24, 2.45) is 44.8 Å². The molecular formula is C78H116N16O16S2. The third-order valence-corrected chi connectivity index (χ3v) is 21.9. The van der Waals surface area contributed by atoms with Crippen molar-refractivity contribution in [3.63, 3.8) is 0 Å². The van der Waals surface area contributed by atoms with Crippen LogP contribution in [0.15, 0.2) is 118 Å². The molecule has 3 heterocycles. The molecule has 0 saturated carbocycles. The van der Waals surface area contributed by atoms with Crippen molar-refractivity contribution in [2.75, 3.05) is 56.5 Å². The zero-order valence-corrected chi connectivity index (χ0v) is 67.2. The topological polar surface area (TPSA) is 511 Å². The Morgan fingerprint density at radius 2 is 1.41 bits per heavy atom. The molecule has 8 amide bonds. The van der Waals surface area contributed by atoms with E-state index in [1.807, 2.05) is 76.3 Å². The number of aromatic hydroxyl groups is 1. The number of unbranched alkanes of at least 4 members (excludes halogenated alkanes) is 4. The van der Waals surface area contributed by atoms with Crippen LogP contribution in [0.4, 0.5) is 16.2 Å². The lowest BCUT2D eigenvalue weighted by atomic mass is 9.81. The molecular weight excluding hydrogens is 1480 g/mol. The summed E-state index contributed by atoms with van der Waals surface area (Å²) in [5.74, 6) is -6.18. The predicted octanol–water partition coefficient (Wildman–Crippen LogP) is 4.72. The van der Waals surface area contributed by atoms with Crippen molar-refractivity contribution >= 4 is 96.7 Å². The quantitative estimate of drug-likeness (QED) is 0.00909. The first-order chi connectivity index (χ1) is 52.8. The minimum absolute atomic E-state index is 0.0416. The molecule has 0 bridgehead atoms. The van der Waals surface area contributed by atoms with Gasteiger partial charge in [0.15, 0.2) is 17.6 Å². The number of amides is 8. The minimum Gasteiger partial charge on any atom is -0.748 e. The van der Waals surface area contributed by atoms with Crippen molar-refractivity contribution in [1.82, 2.24) is 42.1 Å². The van der Waals surface area contributed by atoms with Gasteiger partial charge in [-0.2, -0.15) is 13.0 Å². The number of aliphatic imine (C=N–C) groups is 2. The van der Waals surface area contributed by atoms with E-state index in [-0.39, 0.29) is 124 Å². The summed E-state index contributed by atoms with van der Waals surface area (Å²) in [6, 6.07) is 10.8. The van der Waals surface area contributed by atoms with Crippen LogP contribution in [0.1, 0.15) is 175 Å². The molecule has 0 radical (unpaired) electrons. The number of nitrogens with two attached hydrogens (primary N) is 4.